The topological polar surface area (TPSA) is 90.9 Å². The van der Waals surface area contributed by atoms with Crippen molar-refractivity contribution in [1.82, 2.24) is 15.5 Å². The second-order valence-corrected chi connectivity index (χ2v) is 12.3. The van der Waals surface area contributed by atoms with Crippen LogP contribution in [0.3, 0.4) is 0 Å². The normalized spacial score (nSPS) is 19.1. The van der Waals surface area contributed by atoms with Gasteiger partial charge in [-0.3, -0.25) is 9.59 Å². The number of hydrogen-bond acceptors (Lipinski definition) is 5. The predicted molar refractivity (Wildman–Crippen MR) is 173 cm³/mol. The first-order valence-electron chi connectivity index (χ1n) is 15.8. The van der Waals surface area contributed by atoms with Crippen molar-refractivity contribution >= 4 is 11.8 Å². The smallest absolute Gasteiger partial charge is 0.253 e. The average Bonchev–Trinajstić information content (AvgIpc) is 3.82. The van der Waals surface area contributed by atoms with Gasteiger partial charge in [-0.1, -0.05) is 25.0 Å². The van der Waals surface area contributed by atoms with Gasteiger partial charge < -0.3 is 25.4 Å². The Labute approximate surface area is 265 Å². The highest BCUT2D eigenvalue weighted by atomic mass is 19.1. The number of nitrogens with zero attached hydrogens (tertiary/aromatic N) is 1. The molecular weight excluding hydrogens is 569 g/mol. The Morgan fingerprint density at radius 1 is 1.13 bits per heavy atom. The minimum Gasteiger partial charge on any atom is -0.493 e. The molecule has 0 saturated heterocycles. The molecule has 0 radical (unpaired) electrons. The number of aliphatic hydroxyl groups excluding tert-OH is 1. The van der Waals surface area contributed by atoms with Crippen LogP contribution < -0.4 is 15.4 Å². The molecule has 8 heteroatoms. The Hall–Kier alpha value is -4.19. The van der Waals surface area contributed by atoms with E-state index in [4.69, 9.17) is 11.2 Å². The van der Waals surface area contributed by atoms with Gasteiger partial charge >= 0.3 is 0 Å². The lowest BCUT2D eigenvalue weighted by Gasteiger charge is -2.28. The molecule has 236 valence electrons. The second-order valence-electron chi connectivity index (χ2n) is 12.3. The maximum absolute atomic E-state index is 14.7. The van der Waals surface area contributed by atoms with E-state index >= 15 is 0 Å². The van der Waals surface area contributed by atoms with Crippen LogP contribution in [0.2, 0.25) is 0 Å². The van der Waals surface area contributed by atoms with E-state index in [-0.39, 0.29) is 24.4 Å². The molecule has 2 atom stereocenters. The SMILES string of the molecule is C#Cc1cccc(C2(NCC(O)C3Cc4cc(F)cc(c4)OCCCCN(CCC)C(=O)c4cc(C)cc(c4)C(=O)N3)CC2)c1. The molecule has 3 aromatic rings. The maximum Gasteiger partial charge on any atom is 0.253 e. The molecule has 0 spiro atoms. The van der Waals surface area contributed by atoms with Gasteiger partial charge in [-0.05, 0) is 105 Å². The molecular formula is C37H42FN3O4. The molecule has 45 heavy (non-hydrogen) atoms. The van der Waals surface area contributed by atoms with Crippen LogP contribution in [0.15, 0.2) is 60.7 Å². The van der Waals surface area contributed by atoms with Crippen molar-refractivity contribution in [3.05, 3.63) is 99.9 Å². The van der Waals surface area contributed by atoms with E-state index in [1.54, 1.807) is 29.2 Å². The Balaban J connectivity index is 1.43. The number of hydrogen-bond donors (Lipinski definition) is 3. The van der Waals surface area contributed by atoms with Crippen molar-refractivity contribution in [1.29, 1.82) is 0 Å². The summed E-state index contributed by atoms with van der Waals surface area (Å²) < 4.78 is 20.6. The molecule has 1 saturated carbocycles. The molecule has 4 bridgehead atoms. The van der Waals surface area contributed by atoms with Gasteiger partial charge in [-0.2, -0.15) is 0 Å². The number of fused-ring (bicyclic) bond motifs is 4. The Bertz CT molecular complexity index is 1580. The lowest BCUT2D eigenvalue weighted by molar-refractivity contribution is 0.0750. The molecule has 0 aromatic heterocycles. The van der Waals surface area contributed by atoms with Crippen molar-refractivity contribution in [3.8, 4) is 18.1 Å². The van der Waals surface area contributed by atoms with Gasteiger partial charge in [0.15, 0.2) is 0 Å². The van der Waals surface area contributed by atoms with E-state index < -0.39 is 23.9 Å². The third-order valence-corrected chi connectivity index (χ3v) is 8.61. The third kappa shape index (κ3) is 8.10. The van der Waals surface area contributed by atoms with E-state index in [0.717, 1.165) is 42.4 Å². The largest absolute Gasteiger partial charge is 0.493 e. The zero-order valence-corrected chi connectivity index (χ0v) is 26.1. The van der Waals surface area contributed by atoms with Crippen molar-refractivity contribution < 1.29 is 23.8 Å². The number of carbonyl (C=O) groups excluding carboxylic acids is 2. The number of nitrogens with one attached hydrogen (secondary N) is 2. The summed E-state index contributed by atoms with van der Waals surface area (Å²) in [5, 5.41) is 18.0. The summed E-state index contributed by atoms with van der Waals surface area (Å²) in [6.07, 6.45) is 8.79. The quantitative estimate of drug-likeness (QED) is 0.323. The standard InChI is InChI=1S/C37H42FN3O4/c1-4-13-41-14-6-7-15-45-32-20-27(19-31(38)23-32)21-33(40-35(43)28-16-25(3)17-29(22-28)36(41)44)34(42)24-39-37(11-12-37)30-10-8-9-26(5-2)18-30/h2,8-10,16-20,22-23,33-34,39,42H,4,6-7,11-15,21,24H2,1,3H3,(H,40,43). The van der Waals surface area contributed by atoms with Crippen LogP contribution in [0.1, 0.15) is 82.0 Å². The summed E-state index contributed by atoms with van der Waals surface area (Å²) in [4.78, 5) is 29.1. The number of terminal acetylenes is 1. The molecule has 2 aliphatic rings. The fourth-order valence-electron chi connectivity index (χ4n) is 6.05. The van der Waals surface area contributed by atoms with E-state index in [0.29, 0.717) is 48.6 Å². The van der Waals surface area contributed by atoms with Crippen LogP contribution in [0.5, 0.6) is 5.75 Å². The first kappa shape index (κ1) is 32.2. The van der Waals surface area contributed by atoms with Gasteiger partial charge in [0.25, 0.3) is 11.8 Å². The summed E-state index contributed by atoms with van der Waals surface area (Å²) in [5.41, 5.74) is 3.71. The number of benzene rings is 3. The maximum atomic E-state index is 14.7. The molecule has 1 heterocycles. The Morgan fingerprint density at radius 2 is 1.93 bits per heavy atom. The highest BCUT2D eigenvalue weighted by Crippen LogP contribution is 2.45. The van der Waals surface area contributed by atoms with E-state index in [1.165, 1.54) is 12.1 Å². The Kier molecular flexibility index (Phi) is 10.2. The minimum absolute atomic E-state index is 0.127. The number of carbonyl (C=O) groups is 2. The van der Waals surface area contributed by atoms with Gasteiger partial charge in [-0.15, -0.1) is 6.42 Å². The van der Waals surface area contributed by atoms with Crippen LogP contribution in [-0.2, 0) is 12.0 Å². The molecule has 3 aromatic carbocycles. The van der Waals surface area contributed by atoms with Crippen LogP contribution in [0, 0.1) is 25.1 Å². The van der Waals surface area contributed by atoms with Crippen molar-refractivity contribution in [3.63, 3.8) is 0 Å². The predicted octanol–water partition coefficient (Wildman–Crippen LogP) is 5.12. The first-order valence-corrected chi connectivity index (χ1v) is 15.8. The van der Waals surface area contributed by atoms with Gasteiger partial charge in [0.05, 0.1) is 18.8 Å². The Morgan fingerprint density at radius 3 is 2.69 bits per heavy atom. The fraction of sp³-hybridized carbons (Fsp3) is 0.405. The molecule has 1 aliphatic heterocycles. The molecule has 7 nitrogen and oxygen atoms in total. The lowest BCUT2D eigenvalue weighted by atomic mass is 9.98. The van der Waals surface area contributed by atoms with E-state index in [9.17, 15) is 19.1 Å². The van der Waals surface area contributed by atoms with Crippen molar-refractivity contribution in [2.75, 3.05) is 26.2 Å². The van der Waals surface area contributed by atoms with Gasteiger partial charge in [0.1, 0.15) is 11.6 Å². The zero-order chi connectivity index (χ0) is 32.0. The first-order chi connectivity index (χ1) is 21.7. The summed E-state index contributed by atoms with van der Waals surface area (Å²) in [6, 6.07) is 16.7. The number of aliphatic hydroxyl groups is 1. The molecule has 2 amide bonds. The highest BCUT2D eigenvalue weighted by Gasteiger charge is 2.44. The van der Waals surface area contributed by atoms with Crippen LogP contribution >= 0.6 is 0 Å². The molecule has 1 aliphatic carbocycles. The highest BCUT2D eigenvalue weighted by molar-refractivity contribution is 6.00. The van der Waals surface area contributed by atoms with Crippen molar-refractivity contribution in [2.24, 2.45) is 0 Å². The summed E-state index contributed by atoms with van der Waals surface area (Å²) >= 11 is 0. The van der Waals surface area contributed by atoms with E-state index in [2.05, 4.69) is 16.6 Å². The summed E-state index contributed by atoms with van der Waals surface area (Å²) in [7, 11) is 0. The summed E-state index contributed by atoms with van der Waals surface area (Å²) in [5.74, 6) is 2.07. The van der Waals surface area contributed by atoms with Crippen molar-refractivity contribution in [2.45, 2.75) is 70.1 Å². The van der Waals surface area contributed by atoms with Crippen LogP contribution in [0.4, 0.5) is 4.39 Å². The van der Waals surface area contributed by atoms with E-state index in [1.807, 2.05) is 38.1 Å². The van der Waals surface area contributed by atoms with Gasteiger partial charge in [-0.25, -0.2) is 4.39 Å². The van der Waals surface area contributed by atoms with Crippen LogP contribution in [-0.4, -0.2) is 60.2 Å². The second kappa shape index (κ2) is 14.3. The minimum atomic E-state index is -1.01. The lowest BCUT2D eigenvalue weighted by Crippen LogP contribution is -2.50. The molecule has 2 unspecified atom stereocenters. The van der Waals surface area contributed by atoms with Gasteiger partial charge in [0.2, 0.25) is 0 Å². The average molecular weight is 612 g/mol. The summed E-state index contributed by atoms with van der Waals surface area (Å²) in [6.45, 7) is 5.59. The molecule has 1 fully saturated rings. The zero-order valence-electron chi connectivity index (χ0n) is 26.1. The van der Waals surface area contributed by atoms with Crippen LogP contribution in [0.25, 0.3) is 0 Å². The monoisotopic (exact) mass is 611 g/mol. The number of aryl methyl sites for hydroxylation is 1. The fourth-order valence-corrected chi connectivity index (χ4v) is 6.05. The molecule has 5 rings (SSSR count). The number of amides is 2. The number of ether oxygens (including phenoxy) is 1. The molecule has 3 N–H and O–H groups in total. The number of halogens is 1. The van der Waals surface area contributed by atoms with Gasteiger partial charge in [0, 0.05) is 47.9 Å². The number of rotatable bonds is 7. The third-order valence-electron chi connectivity index (χ3n) is 8.61.